The summed E-state index contributed by atoms with van der Waals surface area (Å²) in [5, 5.41) is 4.17. The predicted molar refractivity (Wildman–Crippen MR) is 109 cm³/mol. The van der Waals surface area contributed by atoms with Gasteiger partial charge in [0.1, 0.15) is 11.0 Å². The predicted octanol–water partition coefficient (Wildman–Crippen LogP) is 2.37. The Hall–Kier alpha value is -2.33. The summed E-state index contributed by atoms with van der Waals surface area (Å²) in [5.74, 6) is 0.184. The van der Waals surface area contributed by atoms with Crippen LogP contribution in [0.4, 0.5) is 0 Å². The third kappa shape index (κ3) is 3.55. The van der Waals surface area contributed by atoms with Crippen LogP contribution >= 0.6 is 11.3 Å². The molecule has 7 nitrogen and oxygen atoms in total. The van der Waals surface area contributed by atoms with Crippen LogP contribution in [0.3, 0.4) is 0 Å². The van der Waals surface area contributed by atoms with E-state index in [1.54, 1.807) is 40.2 Å². The third-order valence-corrected chi connectivity index (χ3v) is 7.91. The van der Waals surface area contributed by atoms with Crippen molar-refractivity contribution in [2.75, 3.05) is 13.1 Å². The van der Waals surface area contributed by atoms with Crippen molar-refractivity contribution >= 4 is 21.4 Å². The summed E-state index contributed by atoms with van der Waals surface area (Å²) < 4.78 is 34.8. The molecule has 3 aromatic heterocycles. The van der Waals surface area contributed by atoms with E-state index < -0.39 is 10.0 Å². The van der Waals surface area contributed by atoms with Gasteiger partial charge in [0.25, 0.3) is 0 Å². The second kappa shape index (κ2) is 7.49. The summed E-state index contributed by atoms with van der Waals surface area (Å²) in [6.07, 6.45) is 2.96. The van der Waals surface area contributed by atoms with Gasteiger partial charge in [-0.25, -0.2) is 13.4 Å². The summed E-state index contributed by atoms with van der Waals surface area (Å²) in [5.41, 5.74) is 1.93. The summed E-state index contributed by atoms with van der Waals surface area (Å²) in [6, 6.07) is 10.5. The SMILES string of the molecule is O=S1(=O)c2cccnc2O[C@H]2CN(Cc3ccsc3)C[C@H]2N1Cc1ccccn1. The molecule has 2 atom stereocenters. The topological polar surface area (TPSA) is 75.6 Å². The maximum atomic E-state index is 13.6. The molecule has 1 fully saturated rings. The molecule has 0 aromatic carbocycles. The minimum Gasteiger partial charge on any atom is -0.470 e. The first-order valence-corrected chi connectivity index (χ1v) is 11.8. The van der Waals surface area contributed by atoms with Crippen molar-refractivity contribution < 1.29 is 13.2 Å². The molecule has 150 valence electrons. The molecule has 9 heteroatoms. The summed E-state index contributed by atoms with van der Waals surface area (Å²) >= 11 is 1.66. The third-order valence-electron chi connectivity index (χ3n) is 5.30. The first kappa shape index (κ1) is 18.7. The Morgan fingerprint density at radius 2 is 1.97 bits per heavy atom. The van der Waals surface area contributed by atoms with Crippen molar-refractivity contribution in [2.45, 2.75) is 30.1 Å². The molecule has 0 amide bonds. The molecule has 0 radical (unpaired) electrons. The van der Waals surface area contributed by atoms with Gasteiger partial charge in [0.15, 0.2) is 0 Å². The zero-order valence-electron chi connectivity index (χ0n) is 15.6. The van der Waals surface area contributed by atoms with E-state index >= 15 is 0 Å². The van der Waals surface area contributed by atoms with E-state index in [1.807, 2.05) is 18.2 Å². The molecule has 0 saturated carbocycles. The number of likely N-dealkylation sites (tertiary alicyclic amines) is 1. The Bertz CT molecular complexity index is 1090. The zero-order valence-corrected chi connectivity index (χ0v) is 17.2. The molecule has 0 spiro atoms. The Labute approximate surface area is 173 Å². The van der Waals surface area contributed by atoms with Crippen molar-refractivity contribution in [1.29, 1.82) is 0 Å². The van der Waals surface area contributed by atoms with E-state index in [-0.39, 0.29) is 29.5 Å². The van der Waals surface area contributed by atoms with Gasteiger partial charge < -0.3 is 4.74 Å². The fourth-order valence-electron chi connectivity index (χ4n) is 3.96. The average Bonchev–Trinajstić information content (AvgIpc) is 3.36. The first-order chi connectivity index (χ1) is 14.1. The second-order valence-corrected chi connectivity index (χ2v) is 9.87. The molecular weight excluding hydrogens is 408 g/mol. The highest BCUT2D eigenvalue weighted by Gasteiger charge is 2.47. The van der Waals surface area contributed by atoms with Gasteiger partial charge in [0, 0.05) is 32.0 Å². The molecule has 29 heavy (non-hydrogen) atoms. The van der Waals surface area contributed by atoms with Crippen molar-refractivity contribution in [3.05, 3.63) is 70.8 Å². The highest BCUT2D eigenvalue weighted by Crippen LogP contribution is 2.36. The lowest BCUT2D eigenvalue weighted by atomic mass is 10.2. The summed E-state index contributed by atoms with van der Waals surface area (Å²) in [6.45, 7) is 2.21. The fraction of sp³-hybridized carbons (Fsp3) is 0.300. The van der Waals surface area contributed by atoms with E-state index in [0.717, 1.165) is 6.54 Å². The smallest absolute Gasteiger partial charge is 0.249 e. The molecule has 0 aliphatic carbocycles. The number of fused-ring (bicyclic) bond motifs is 2. The number of hydrogen-bond donors (Lipinski definition) is 0. The lowest BCUT2D eigenvalue weighted by Crippen LogP contribution is -2.46. The Kier molecular flexibility index (Phi) is 4.83. The maximum absolute atomic E-state index is 13.6. The van der Waals surface area contributed by atoms with Crippen LogP contribution in [0.2, 0.25) is 0 Å². The Balaban J connectivity index is 1.52. The minimum atomic E-state index is -3.78. The van der Waals surface area contributed by atoms with Crippen molar-refractivity contribution in [2.24, 2.45) is 0 Å². The molecular formula is C20H20N4O3S2. The normalized spacial score (nSPS) is 23.7. The van der Waals surface area contributed by atoms with Crippen LogP contribution in [-0.4, -0.2) is 52.8 Å². The maximum Gasteiger partial charge on any atom is 0.249 e. The molecule has 0 bridgehead atoms. The molecule has 0 N–H and O–H groups in total. The molecule has 0 unspecified atom stereocenters. The van der Waals surface area contributed by atoms with Gasteiger partial charge in [-0.05, 0) is 46.7 Å². The van der Waals surface area contributed by atoms with E-state index in [2.05, 4.69) is 31.7 Å². The number of sulfonamides is 1. The second-order valence-electron chi connectivity index (χ2n) is 7.23. The Morgan fingerprint density at radius 1 is 1.07 bits per heavy atom. The van der Waals surface area contributed by atoms with Gasteiger partial charge in [-0.1, -0.05) is 6.07 Å². The highest BCUT2D eigenvalue weighted by atomic mass is 32.2. The van der Waals surface area contributed by atoms with E-state index in [0.29, 0.717) is 18.8 Å². The molecule has 5 rings (SSSR count). The van der Waals surface area contributed by atoms with E-state index in [9.17, 15) is 8.42 Å². The van der Waals surface area contributed by atoms with Gasteiger partial charge in [-0.15, -0.1) is 0 Å². The van der Waals surface area contributed by atoms with Crippen molar-refractivity contribution in [3.63, 3.8) is 0 Å². The van der Waals surface area contributed by atoms with Crippen molar-refractivity contribution in [1.82, 2.24) is 19.2 Å². The highest BCUT2D eigenvalue weighted by molar-refractivity contribution is 7.89. The van der Waals surface area contributed by atoms with Crippen molar-refractivity contribution in [3.8, 4) is 5.88 Å². The number of rotatable bonds is 4. The number of aromatic nitrogens is 2. The number of hydrogen-bond acceptors (Lipinski definition) is 7. The van der Waals surface area contributed by atoms with Gasteiger partial charge >= 0.3 is 0 Å². The van der Waals surface area contributed by atoms with Gasteiger partial charge in [0.2, 0.25) is 15.9 Å². The number of ether oxygens (including phenoxy) is 1. The minimum absolute atomic E-state index is 0.120. The number of thiophene rings is 1. The lowest BCUT2D eigenvalue weighted by molar-refractivity contribution is 0.143. The van der Waals surface area contributed by atoms with E-state index in [4.69, 9.17) is 4.74 Å². The van der Waals surface area contributed by atoms with Crippen LogP contribution in [0.25, 0.3) is 0 Å². The van der Waals surface area contributed by atoms with Crippen LogP contribution in [0.5, 0.6) is 5.88 Å². The van der Waals surface area contributed by atoms with E-state index in [1.165, 1.54) is 5.56 Å². The zero-order chi connectivity index (χ0) is 19.8. The van der Waals surface area contributed by atoms with Crippen LogP contribution < -0.4 is 4.74 Å². The average molecular weight is 429 g/mol. The fourth-order valence-corrected chi connectivity index (χ4v) is 6.30. The Morgan fingerprint density at radius 3 is 2.76 bits per heavy atom. The lowest BCUT2D eigenvalue weighted by Gasteiger charge is -2.27. The van der Waals surface area contributed by atoms with Crippen LogP contribution in [0.1, 0.15) is 11.3 Å². The molecule has 2 aliphatic rings. The monoisotopic (exact) mass is 428 g/mol. The quantitative estimate of drug-likeness (QED) is 0.635. The summed E-state index contributed by atoms with van der Waals surface area (Å²) in [4.78, 5) is 10.9. The van der Waals surface area contributed by atoms with Gasteiger partial charge in [-0.2, -0.15) is 15.6 Å². The number of pyridine rings is 2. The molecule has 1 saturated heterocycles. The number of nitrogens with zero attached hydrogens (tertiary/aromatic N) is 4. The molecule has 2 aliphatic heterocycles. The first-order valence-electron chi connectivity index (χ1n) is 9.38. The molecule has 5 heterocycles. The van der Waals surface area contributed by atoms with Crippen LogP contribution in [0, 0.1) is 0 Å². The van der Waals surface area contributed by atoms with Gasteiger partial charge in [0.05, 0.1) is 18.3 Å². The van der Waals surface area contributed by atoms with Gasteiger partial charge in [-0.3, -0.25) is 9.88 Å². The largest absolute Gasteiger partial charge is 0.470 e. The molecule has 3 aromatic rings. The van der Waals surface area contributed by atoms with Crippen LogP contribution in [0.15, 0.2) is 64.4 Å². The summed E-state index contributed by atoms with van der Waals surface area (Å²) in [7, 11) is -3.78. The van der Waals surface area contributed by atoms with Crippen LogP contribution in [-0.2, 0) is 23.1 Å². The standard InChI is InChI=1S/C20H20N4O3S2/c25-29(26)19-5-3-8-22-20(19)27-18-13-23(10-15-6-9-28-14-15)12-17(18)24(29)11-16-4-1-2-7-21-16/h1-9,14,17-18H,10-13H2/t17-,18+/m1/s1.